The molecule has 2 aliphatic rings. The first kappa shape index (κ1) is 16.1. The molecule has 2 saturated heterocycles. The van der Waals surface area contributed by atoms with E-state index in [0.29, 0.717) is 24.7 Å². The van der Waals surface area contributed by atoms with Crippen LogP contribution in [0.4, 0.5) is 0 Å². The van der Waals surface area contributed by atoms with E-state index < -0.39 is 0 Å². The molecule has 4 rings (SSSR count). The van der Waals surface area contributed by atoms with Gasteiger partial charge in [0.25, 0.3) is 5.91 Å². The summed E-state index contributed by atoms with van der Waals surface area (Å²) in [5, 5.41) is 0. The Balaban J connectivity index is 1.33. The van der Waals surface area contributed by atoms with Crippen LogP contribution in [0.5, 0.6) is 0 Å². The number of likely N-dealkylation sites (tertiary alicyclic amines) is 1. The van der Waals surface area contributed by atoms with Gasteiger partial charge < -0.3 is 9.64 Å². The smallest absolute Gasteiger partial charge is 0.274 e. The van der Waals surface area contributed by atoms with Crippen molar-refractivity contribution in [2.24, 2.45) is 5.92 Å². The highest BCUT2D eigenvalue weighted by molar-refractivity contribution is 5.92. The molecule has 2 fully saturated rings. The number of aromatic nitrogens is 4. The summed E-state index contributed by atoms with van der Waals surface area (Å²) < 4.78 is 6.19. The van der Waals surface area contributed by atoms with E-state index in [1.807, 2.05) is 17.3 Å². The van der Waals surface area contributed by atoms with Crippen molar-refractivity contribution in [1.82, 2.24) is 24.8 Å². The van der Waals surface area contributed by atoms with Gasteiger partial charge in [0, 0.05) is 37.9 Å². The molecule has 7 nitrogen and oxygen atoms in total. The summed E-state index contributed by atoms with van der Waals surface area (Å²) in [5.74, 6) is 0.451. The zero-order valence-electron chi connectivity index (χ0n) is 14.0. The number of amides is 1. The molecule has 7 heteroatoms. The first-order valence-electron chi connectivity index (χ1n) is 8.67. The molecule has 2 aliphatic heterocycles. The summed E-state index contributed by atoms with van der Waals surface area (Å²) >= 11 is 0. The maximum Gasteiger partial charge on any atom is 0.274 e. The quantitative estimate of drug-likeness (QED) is 0.843. The number of rotatable bonds is 3. The van der Waals surface area contributed by atoms with Gasteiger partial charge in [-0.2, -0.15) is 0 Å². The minimum atomic E-state index is -0.0839. The first-order valence-corrected chi connectivity index (χ1v) is 8.67. The molecule has 0 N–H and O–H groups in total. The van der Waals surface area contributed by atoms with Gasteiger partial charge in [-0.15, -0.1) is 0 Å². The van der Waals surface area contributed by atoms with E-state index in [2.05, 4.69) is 19.9 Å². The fraction of sp³-hybridized carbons (Fsp3) is 0.500. The van der Waals surface area contributed by atoms with E-state index in [1.54, 1.807) is 18.7 Å². The number of hydrogen-bond donors (Lipinski definition) is 0. The molecule has 2 aromatic heterocycles. The molecule has 1 spiro atoms. The number of hydrogen-bond acceptors (Lipinski definition) is 6. The van der Waals surface area contributed by atoms with E-state index >= 15 is 0 Å². The molecule has 0 saturated carbocycles. The highest BCUT2D eigenvalue weighted by Gasteiger charge is 2.43. The van der Waals surface area contributed by atoms with Gasteiger partial charge in [-0.05, 0) is 37.2 Å². The third-order valence-corrected chi connectivity index (χ3v) is 5.17. The van der Waals surface area contributed by atoms with E-state index in [9.17, 15) is 4.79 Å². The van der Waals surface area contributed by atoms with Gasteiger partial charge in [-0.3, -0.25) is 9.78 Å². The van der Waals surface area contributed by atoms with Gasteiger partial charge >= 0.3 is 0 Å². The molecular weight excluding hydrogens is 318 g/mol. The SMILES string of the molecule is O=C(c1cnccn1)N1CCC2(CC1)CC(Cc1cncnc1)CO2. The Morgan fingerprint density at radius 1 is 1.16 bits per heavy atom. The molecule has 130 valence electrons. The largest absolute Gasteiger partial charge is 0.375 e. The third-order valence-electron chi connectivity index (χ3n) is 5.17. The van der Waals surface area contributed by atoms with E-state index in [1.165, 1.54) is 6.20 Å². The lowest BCUT2D eigenvalue weighted by molar-refractivity contribution is -0.0391. The fourth-order valence-electron chi connectivity index (χ4n) is 3.88. The number of carbonyl (C=O) groups excluding carboxylic acids is 1. The first-order chi connectivity index (χ1) is 12.2. The number of carbonyl (C=O) groups is 1. The highest BCUT2D eigenvalue weighted by atomic mass is 16.5. The zero-order chi connectivity index (χ0) is 17.1. The maximum atomic E-state index is 12.5. The lowest BCUT2D eigenvalue weighted by atomic mass is 9.84. The van der Waals surface area contributed by atoms with Crippen LogP contribution in [0.3, 0.4) is 0 Å². The monoisotopic (exact) mass is 339 g/mol. The topological polar surface area (TPSA) is 81.1 Å². The lowest BCUT2D eigenvalue weighted by Crippen LogP contribution is -2.46. The summed E-state index contributed by atoms with van der Waals surface area (Å²) in [4.78, 5) is 30.6. The van der Waals surface area contributed by atoms with Gasteiger partial charge in [0.05, 0.1) is 18.4 Å². The van der Waals surface area contributed by atoms with Crippen molar-refractivity contribution in [2.75, 3.05) is 19.7 Å². The Morgan fingerprint density at radius 2 is 1.96 bits per heavy atom. The van der Waals surface area contributed by atoms with Crippen LogP contribution in [0.15, 0.2) is 37.3 Å². The summed E-state index contributed by atoms with van der Waals surface area (Å²) in [6.07, 6.45) is 13.7. The predicted molar refractivity (Wildman–Crippen MR) is 89.7 cm³/mol. The van der Waals surface area contributed by atoms with Gasteiger partial charge in [0.2, 0.25) is 0 Å². The van der Waals surface area contributed by atoms with Crippen molar-refractivity contribution in [3.8, 4) is 0 Å². The van der Waals surface area contributed by atoms with Crippen molar-refractivity contribution in [2.45, 2.75) is 31.3 Å². The fourth-order valence-corrected chi connectivity index (χ4v) is 3.88. The second kappa shape index (κ2) is 6.84. The van der Waals surface area contributed by atoms with Crippen LogP contribution < -0.4 is 0 Å². The molecule has 2 aromatic rings. The standard InChI is InChI=1S/C18H21N5O2/c24-17(16-11-19-3-4-22-16)23-5-1-18(2-6-23)8-14(12-25-18)7-15-9-20-13-21-10-15/h3-4,9-11,13-14H,1-2,5-8,12H2. The normalized spacial score (nSPS) is 22.2. The zero-order valence-corrected chi connectivity index (χ0v) is 14.0. The molecule has 1 unspecified atom stereocenters. The van der Waals surface area contributed by atoms with E-state index in [0.717, 1.165) is 37.9 Å². The molecule has 1 atom stereocenters. The summed E-state index contributed by atoms with van der Waals surface area (Å²) in [7, 11) is 0. The molecular formula is C18H21N5O2. The van der Waals surface area contributed by atoms with Crippen LogP contribution in [0, 0.1) is 5.92 Å². The summed E-state index contributed by atoms with van der Waals surface area (Å²) in [6.45, 7) is 2.18. The van der Waals surface area contributed by atoms with Gasteiger partial charge in [0.15, 0.2) is 0 Å². The van der Waals surface area contributed by atoms with Crippen molar-refractivity contribution in [1.29, 1.82) is 0 Å². The van der Waals surface area contributed by atoms with Crippen molar-refractivity contribution in [3.05, 3.63) is 48.6 Å². The van der Waals surface area contributed by atoms with Crippen molar-refractivity contribution >= 4 is 5.91 Å². The van der Waals surface area contributed by atoms with Crippen molar-refractivity contribution in [3.63, 3.8) is 0 Å². The molecule has 25 heavy (non-hydrogen) atoms. The Labute approximate surface area is 146 Å². The molecule has 1 amide bonds. The van der Waals surface area contributed by atoms with Gasteiger partial charge in [-0.1, -0.05) is 0 Å². The van der Waals surface area contributed by atoms with Crippen LogP contribution >= 0.6 is 0 Å². The molecule has 0 radical (unpaired) electrons. The van der Waals surface area contributed by atoms with Crippen LogP contribution in [-0.2, 0) is 11.2 Å². The average Bonchev–Trinajstić information content (AvgIpc) is 3.05. The average molecular weight is 339 g/mol. The van der Waals surface area contributed by atoms with Crippen LogP contribution in [0.25, 0.3) is 0 Å². The Morgan fingerprint density at radius 3 is 2.68 bits per heavy atom. The minimum absolute atomic E-state index is 0.0427. The number of nitrogens with zero attached hydrogens (tertiary/aromatic N) is 5. The second-order valence-corrected chi connectivity index (χ2v) is 6.90. The van der Waals surface area contributed by atoms with Crippen LogP contribution in [0.1, 0.15) is 35.3 Å². The third kappa shape index (κ3) is 3.51. The van der Waals surface area contributed by atoms with E-state index in [4.69, 9.17) is 4.74 Å². The highest BCUT2D eigenvalue weighted by Crippen LogP contribution is 2.39. The lowest BCUT2D eigenvalue weighted by Gasteiger charge is -2.38. The van der Waals surface area contributed by atoms with Crippen molar-refractivity contribution < 1.29 is 9.53 Å². The maximum absolute atomic E-state index is 12.5. The summed E-state index contributed by atoms with van der Waals surface area (Å²) in [6, 6.07) is 0. The molecule has 0 bridgehead atoms. The van der Waals surface area contributed by atoms with Gasteiger partial charge in [-0.25, -0.2) is 15.0 Å². The molecule has 0 aliphatic carbocycles. The van der Waals surface area contributed by atoms with E-state index in [-0.39, 0.29) is 11.5 Å². The second-order valence-electron chi connectivity index (χ2n) is 6.90. The van der Waals surface area contributed by atoms with Gasteiger partial charge in [0.1, 0.15) is 12.0 Å². The Bertz CT molecular complexity index is 717. The predicted octanol–water partition coefficient (Wildman–Crippen LogP) is 1.52. The number of piperidine rings is 1. The Hall–Kier alpha value is -2.41. The molecule has 0 aromatic carbocycles. The Kier molecular flexibility index (Phi) is 4.40. The van der Waals surface area contributed by atoms with Crippen LogP contribution in [0.2, 0.25) is 0 Å². The van der Waals surface area contributed by atoms with Crippen LogP contribution in [-0.4, -0.2) is 56.0 Å². The number of ether oxygens (including phenoxy) is 1. The molecule has 4 heterocycles. The minimum Gasteiger partial charge on any atom is -0.375 e. The summed E-state index contributed by atoms with van der Waals surface area (Å²) in [5.41, 5.74) is 1.48.